The summed E-state index contributed by atoms with van der Waals surface area (Å²) in [6.07, 6.45) is 0. The lowest BCUT2D eigenvalue weighted by atomic mass is 9.94. The molecule has 0 fully saturated rings. The molecule has 0 spiro atoms. The van der Waals surface area contributed by atoms with Crippen LogP contribution in [-0.2, 0) is 4.79 Å². The van der Waals surface area contributed by atoms with Crippen molar-refractivity contribution in [1.29, 1.82) is 0 Å². The highest BCUT2D eigenvalue weighted by Crippen LogP contribution is 2.28. The van der Waals surface area contributed by atoms with Crippen molar-refractivity contribution in [3.8, 4) is 5.75 Å². The second kappa shape index (κ2) is 7.14. The number of hydrogen-bond donors (Lipinski definition) is 3. The van der Waals surface area contributed by atoms with E-state index in [9.17, 15) is 4.79 Å². The van der Waals surface area contributed by atoms with Crippen molar-refractivity contribution in [2.24, 2.45) is 22.7 Å². The Morgan fingerprint density at radius 1 is 1.50 bits per heavy atom. The average molecular weight is 344 g/mol. The summed E-state index contributed by atoms with van der Waals surface area (Å²) < 4.78 is 5.94. The third-order valence-electron chi connectivity index (χ3n) is 2.80. The van der Waals surface area contributed by atoms with Gasteiger partial charge in [0.25, 0.3) is 0 Å². The van der Waals surface area contributed by atoms with E-state index in [1.54, 1.807) is 25.3 Å². The SMILES string of the molecule is COc1cc(NC(=O)C(/C(N)=N/O)C(C)C)ccc1Br. The van der Waals surface area contributed by atoms with Crippen molar-refractivity contribution in [3.63, 3.8) is 0 Å². The Labute approximate surface area is 126 Å². The van der Waals surface area contributed by atoms with Crippen molar-refractivity contribution in [1.82, 2.24) is 0 Å². The molecule has 0 heterocycles. The summed E-state index contributed by atoms with van der Waals surface area (Å²) >= 11 is 3.33. The van der Waals surface area contributed by atoms with Crippen molar-refractivity contribution >= 4 is 33.4 Å². The molecule has 1 unspecified atom stereocenters. The molecular formula is C13H18BrN3O3. The predicted molar refractivity (Wildman–Crippen MR) is 81.1 cm³/mol. The lowest BCUT2D eigenvalue weighted by Gasteiger charge is -2.19. The number of carbonyl (C=O) groups is 1. The fourth-order valence-corrected chi connectivity index (χ4v) is 2.21. The fourth-order valence-electron chi connectivity index (χ4n) is 1.80. The van der Waals surface area contributed by atoms with Gasteiger partial charge in [-0.3, -0.25) is 4.79 Å². The maximum absolute atomic E-state index is 12.2. The van der Waals surface area contributed by atoms with E-state index < -0.39 is 5.92 Å². The van der Waals surface area contributed by atoms with E-state index in [1.165, 1.54) is 0 Å². The minimum Gasteiger partial charge on any atom is -0.495 e. The smallest absolute Gasteiger partial charge is 0.235 e. The van der Waals surface area contributed by atoms with Crippen molar-refractivity contribution < 1.29 is 14.7 Å². The van der Waals surface area contributed by atoms with Crippen LogP contribution in [-0.4, -0.2) is 24.1 Å². The maximum atomic E-state index is 12.2. The van der Waals surface area contributed by atoms with Gasteiger partial charge in [-0.25, -0.2) is 0 Å². The number of hydrogen-bond acceptors (Lipinski definition) is 4. The molecule has 6 nitrogen and oxygen atoms in total. The molecule has 1 aromatic rings. The summed E-state index contributed by atoms with van der Waals surface area (Å²) in [6, 6.07) is 5.18. The zero-order valence-corrected chi connectivity index (χ0v) is 13.1. The van der Waals surface area contributed by atoms with E-state index in [0.717, 1.165) is 4.47 Å². The van der Waals surface area contributed by atoms with Crippen LogP contribution in [0.4, 0.5) is 5.69 Å². The van der Waals surface area contributed by atoms with Crippen LogP contribution in [0.1, 0.15) is 13.8 Å². The number of nitrogens with one attached hydrogen (secondary N) is 1. The Morgan fingerprint density at radius 3 is 2.65 bits per heavy atom. The summed E-state index contributed by atoms with van der Waals surface area (Å²) in [5.41, 5.74) is 6.14. The molecule has 110 valence electrons. The van der Waals surface area contributed by atoms with Gasteiger partial charge in [0.15, 0.2) is 5.84 Å². The summed E-state index contributed by atoms with van der Waals surface area (Å²) in [5.74, 6) is -0.633. The van der Waals surface area contributed by atoms with E-state index in [0.29, 0.717) is 11.4 Å². The van der Waals surface area contributed by atoms with E-state index >= 15 is 0 Å². The van der Waals surface area contributed by atoms with E-state index in [2.05, 4.69) is 26.4 Å². The van der Waals surface area contributed by atoms with Crippen LogP contribution in [0, 0.1) is 11.8 Å². The molecule has 1 atom stereocenters. The number of methoxy groups -OCH3 is 1. The Hall–Kier alpha value is -1.76. The monoisotopic (exact) mass is 343 g/mol. The Bertz CT molecular complexity index is 518. The lowest BCUT2D eigenvalue weighted by Crippen LogP contribution is -2.38. The third-order valence-corrected chi connectivity index (χ3v) is 3.46. The molecule has 7 heteroatoms. The summed E-state index contributed by atoms with van der Waals surface area (Å²) in [5, 5.41) is 14.4. The molecular weight excluding hydrogens is 326 g/mol. The summed E-state index contributed by atoms with van der Waals surface area (Å²) in [6.45, 7) is 3.65. The zero-order valence-electron chi connectivity index (χ0n) is 11.6. The fraction of sp³-hybridized carbons (Fsp3) is 0.385. The maximum Gasteiger partial charge on any atom is 0.235 e. The quantitative estimate of drug-likeness (QED) is 0.331. The van der Waals surface area contributed by atoms with Crippen LogP contribution in [0.5, 0.6) is 5.75 Å². The van der Waals surface area contributed by atoms with Gasteiger partial charge < -0.3 is 21.0 Å². The number of benzene rings is 1. The number of carbonyl (C=O) groups excluding carboxylic acids is 1. The minimum absolute atomic E-state index is 0.0942. The molecule has 0 saturated carbocycles. The normalized spacial score (nSPS) is 13.2. The Kier molecular flexibility index (Phi) is 5.82. The molecule has 0 bridgehead atoms. The molecule has 1 amide bonds. The van der Waals surface area contributed by atoms with Crippen LogP contribution in [0.15, 0.2) is 27.8 Å². The third kappa shape index (κ3) is 3.86. The van der Waals surface area contributed by atoms with Gasteiger partial charge in [0.2, 0.25) is 5.91 Å². The highest BCUT2D eigenvalue weighted by molar-refractivity contribution is 9.10. The number of nitrogens with zero attached hydrogens (tertiary/aromatic N) is 1. The summed E-state index contributed by atoms with van der Waals surface area (Å²) in [4.78, 5) is 12.2. The lowest BCUT2D eigenvalue weighted by molar-refractivity contribution is -0.119. The first kappa shape index (κ1) is 16.3. The molecule has 1 rings (SSSR count). The summed E-state index contributed by atoms with van der Waals surface area (Å²) in [7, 11) is 1.54. The largest absolute Gasteiger partial charge is 0.495 e. The van der Waals surface area contributed by atoms with Crippen LogP contribution in [0.2, 0.25) is 0 Å². The minimum atomic E-state index is -0.699. The van der Waals surface area contributed by atoms with Gasteiger partial charge in [0.05, 0.1) is 11.6 Å². The van der Waals surface area contributed by atoms with Gasteiger partial charge in [0, 0.05) is 11.8 Å². The molecule has 4 N–H and O–H groups in total. The second-order valence-electron chi connectivity index (χ2n) is 4.59. The van der Waals surface area contributed by atoms with Crippen molar-refractivity contribution in [3.05, 3.63) is 22.7 Å². The number of ether oxygens (including phenoxy) is 1. The standard InChI is InChI=1S/C13H18BrN3O3/c1-7(2)11(12(15)17-19)13(18)16-8-4-5-9(14)10(6-8)20-3/h4-7,11,19H,1-3H3,(H2,15,17)(H,16,18). The first-order valence-electron chi connectivity index (χ1n) is 6.02. The van der Waals surface area contributed by atoms with E-state index in [1.807, 2.05) is 13.8 Å². The molecule has 0 aliphatic carbocycles. The van der Waals surface area contributed by atoms with Crippen LogP contribution >= 0.6 is 15.9 Å². The van der Waals surface area contributed by atoms with Gasteiger partial charge in [0.1, 0.15) is 11.7 Å². The van der Waals surface area contributed by atoms with Gasteiger partial charge in [-0.2, -0.15) is 0 Å². The molecule has 0 radical (unpaired) electrons. The number of halogens is 1. The van der Waals surface area contributed by atoms with Crippen LogP contribution in [0.25, 0.3) is 0 Å². The molecule has 20 heavy (non-hydrogen) atoms. The van der Waals surface area contributed by atoms with Crippen molar-refractivity contribution in [2.75, 3.05) is 12.4 Å². The Balaban J connectivity index is 2.94. The Morgan fingerprint density at radius 2 is 2.15 bits per heavy atom. The van der Waals surface area contributed by atoms with Crippen LogP contribution < -0.4 is 15.8 Å². The average Bonchev–Trinajstić information content (AvgIpc) is 2.40. The highest BCUT2D eigenvalue weighted by atomic mass is 79.9. The number of nitrogens with two attached hydrogens (primary N) is 1. The van der Waals surface area contributed by atoms with Gasteiger partial charge in [-0.05, 0) is 34.0 Å². The zero-order chi connectivity index (χ0) is 15.3. The van der Waals surface area contributed by atoms with Crippen LogP contribution in [0.3, 0.4) is 0 Å². The molecule has 0 aromatic heterocycles. The van der Waals surface area contributed by atoms with E-state index in [-0.39, 0.29) is 17.7 Å². The number of amidine groups is 1. The molecule has 0 aliphatic heterocycles. The topological polar surface area (TPSA) is 96.9 Å². The first-order chi connectivity index (χ1) is 9.40. The molecule has 1 aromatic carbocycles. The van der Waals surface area contributed by atoms with Crippen molar-refractivity contribution in [2.45, 2.75) is 13.8 Å². The second-order valence-corrected chi connectivity index (χ2v) is 5.44. The number of anilines is 1. The van der Waals surface area contributed by atoms with Gasteiger partial charge >= 0.3 is 0 Å². The molecule has 0 aliphatic rings. The predicted octanol–water partition coefficient (Wildman–Crippen LogP) is 2.41. The first-order valence-corrected chi connectivity index (χ1v) is 6.81. The number of rotatable bonds is 5. The highest BCUT2D eigenvalue weighted by Gasteiger charge is 2.26. The van der Waals surface area contributed by atoms with Gasteiger partial charge in [-0.1, -0.05) is 19.0 Å². The van der Waals surface area contributed by atoms with E-state index in [4.69, 9.17) is 15.7 Å². The van der Waals surface area contributed by atoms with Gasteiger partial charge in [-0.15, -0.1) is 0 Å². The molecule has 0 saturated heterocycles. The number of oxime groups is 1. The number of amides is 1.